The van der Waals surface area contributed by atoms with Crippen molar-refractivity contribution >= 4 is 16.8 Å². The highest BCUT2D eigenvalue weighted by molar-refractivity contribution is 6.08. The van der Waals surface area contributed by atoms with Crippen LogP contribution in [0.4, 0.5) is 4.39 Å². The summed E-state index contributed by atoms with van der Waals surface area (Å²) in [7, 11) is 0. The van der Waals surface area contributed by atoms with Crippen LogP contribution in [0.1, 0.15) is 36.3 Å². The molecule has 0 fully saturated rings. The Morgan fingerprint density at radius 3 is 2.89 bits per heavy atom. The molecule has 0 bridgehead atoms. The number of aryl methyl sites for hydroxylation is 1. The molecule has 96 valence electrons. The van der Waals surface area contributed by atoms with Gasteiger partial charge in [-0.2, -0.15) is 0 Å². The molecule has 18 heavy (non-hydrogen) atoms. The Kier molecular flexibility index (Phi) is 3.36. The molecule has 2 rings (SSSR count). The number of benzene rings is 1. The van der Waals surface area contributed by atoms with E-state index in [1.165, 1.54) is 6.07 Å². The van der Waals surface area contributed by atoms with Crippen LogP contribution < -0.4 is 5.32 Å². The first-order chi connectivity index (χ1) is 8.54. The third-order valence-corrected chi connectivity index (χ3v) is 3.19. The van der Waals surface area contributed by atoms with Gasteiger partial charge in [0.1, 0.15) is 5.82 Å². The smallest absolute Gasteiger partial charge is 0.253 e. The Morgan fingerprint density at radius 1 is 1.50 bits per heavy atom. The highest BCUT2D eigenvalue weighted by atomic mass is 19.1. The molecule has 0 radical (unpaired) electrons. The van der Waals surface area contributed by atoms with Crippen LogP contribution in [-0.4, -0.2) is 16.9 Å². The van der Waals surface area contributed by atoms with Crippen molar-refractivity contribution in [2.45, 2.75) is 33.2 Å². The van der Waals surface area contributed by atoms with Crippen LogP contribution in [0.15, 0.2) is 18.2 Å². The fraction of sp³-hybridized carbons (Fsp3) is 0.357. The van der Waals surface area contributed by atoms with E-state index in [1.807, 2.05) is 13.8 Å². The highest BCUT2D eigenvalue weighted by Crippen LogP contribution is 2.24. The quantitative estimate of drug-likeness (QED) is 0.861. The lowest BCUT2D eigenvalue weighted by atomic mass is 10.1. The second kappa shape index (κ2) is 4.80. The van der Waals surface area contributed by atoms with Crippen LogP contribution >= 0.6 is 0 Å². The van der Waals surface area contributed by atoms with E-state index >= 15 is 0 Å². The molecular formula is C14H17FN2O. The van der Waals surface area contributed by atoms with Gasteiger partial charge < -0.3 is 10.3 Å². The molecular weight excluding hydrogens is 231 g/mol. The number of aromatic amines is 1. The summed E-state index contributed by atoms with van der Waals surface area (Å²) in [6.45, 7) is 5.74. The van der Waals surface area contributed by atoms with Crippen LogP contribution in [0, 0.1) is 12.7 Å². The number of hydrogen-bond acceptors (Lipinski definition) is 1. The Hall–Kier alpha value is -1.84. The van der Waals surface area contributed by atoms with Gasteiger partial charge in [-0.1, -0.05) is 19.1 Å². The topological polar surface area (TPSA) is 44.9 Å². The first kappa shape index (κ1) is 12.6. The van der Waals surface area contributed by atoms with Gasteiger partial charge in [0.2, 0.25) is 0 Å². The molecule has 1 heterocycles. The van der Waals surface area contributed by atoms with E-state index in [9.17, 15) is 9.18 Å². The van der Waals surface area contributed by atoms with Gasteiger partial charge in [0.15, 0.2) is 0 Å². The molecule has 0 aliphatic rings. The number of nitrogens with one attached hydrogen (secondary N) is 2. The van der Waals surface area contributed by atoms with E-state index in [2.05, 4.69) is 10.3 Å². The minimum Gasteiger partial charge on any atom is -0.356 e. The standard InChI is InChI=1S/C14H17FN2O/c1-4-8(2)16-14(18)12-9(3)17-13-10(12)6-5-7-11(13)15/h5-8,17H,4H2,1-3H3,(H,16,18). The number of amides is 1. The van der Waals surface area contributed by atoms with E-state index in [0.29, 0.717) is 22.2 Å². The average molecular weight is 248 g/mol. The molecule has 0 aliphatic carbocycles. The second-order valence-electron chi connectivity index (χ2n) is 4.57. The van der Waals surface area contributed by atoms with Gasteiger partial charge in [0, 0.05) is 17.1 Å². The number of rotatable bonds is 3. The number of carbonyl (C=O) groups is 1. The molecule has 1 aromatic carbocycles. The summed E-state index contributed by atoms with van der Waals surface area (Å²) in [5.41, 5.74) is 1.62. The van der Waals surface area contributed by atoms with Crippen molar-refractivity contribution in [1.82, 2.24) is 10.3 Å². The second-order valence-corrected chi connectivity index (χ2v) is 4.57. The normalized spacial score (nSPS) is 12.7. The molecule has 1 aromatic heterocycles. The molecule has 1 unspecified atom stereocenters. The maximum Gasteiger partial charge on any atom is 0.253 e. The fourth-order valence-corrected chi connectivity index (χ4v) is 2.00. The van der Waals surface area contributed by atoms with Gasteiger partial charge >= 0.3 is 0 Å². The van der Waals surface area contributed by atoms with E-state index in [4.69, 9.17) is 0 Å². The van der Waals surface area contributed by atoms with Crippen LogP contribution in [0.2, 0.25) is 0 Å². The van der Waals surface area contributed by atoms with Crippen molar-refractivity contribution in [3.63, 3.8) is 0 Å². The number of fused-ring (bicyclic) bond motifs is 1. The summed E-state index contributed by atoms with van der Waals surface area (Å²) in [4.78, 5) is 15.1. The van der Waals surface area contributed by atoms with Crippen LogP contribution in [0.25, 0.3) is 10.9 Å². The minimum atomic E-state index is -0.335. The van der Waals surface area contributed by atoms with Crippen LogP contribution in [0.5, 0.6) is 0 Å². The van der Waals surface area contributed by atoms with Gasteiger partial charge in [-0.25, -0.2) is 4.39 Å². The van der Waals surface area contributed by atoms with E-state index in [-0.39, 0.29) is 17.8 Å². The maximum absolute atomic E-state index is 13.6. The van der Waals surface area contributed by atoms with E-state index < -0.39 is 0 Å². The van der Waals surface area contributed by atoms with E-state index in [1.54, 1.807) is 19.1 Å². The predicted molar refractivity (Wildman–Crippen MR) is 70.2 cm³/mol. The first-order valence-corrected chi connectivity index (χ1v) is 6.12. The van der Waals surface area contributed by atoms with Crippen molar-refractivity contribution in [2.24, 2.45) is 0 Å². The van der Waals surface area contributed by atoms with Crippen LogP contribution in [0.3, 0.4) is 0 Å². The van der Waals surface area contributed by atoms with Gasteiger partial charge in [-0.05, 0) is 26.3 Å². The van der Waals surface area contributed by atoms with Crippen molar-refractivity contribution in [2.75, 3.05) is 0 Å². The number of halogens is 1. The molecule has 0 aliphatic heterocycles. The lowest BCUT2D eigenvalue weighted by Crippen LogP contribution is -2.32. The molecule has 4 heteroatoms. The number of hydrogen-bond donors (Lipinski definition) is 2. The number of H-pyrrole nitrogens is 1. The maximum atomic E-state index is 13.6. The fourth-order valence-electron chi connectivity index (χ4n) is 2.00. The van der Waals surface area contributed by atoms with Gasteiger partial charge in [0.05, 0.1) is 11.1 Å². The predicted octanol–water partition coefficient (Wildman–Crippen LogP) is 3.14. The first-order valence-electron chi connectivity index (χ1n) is 6.12. The van der Waals surface area contributed by atoms with Crippen LogP contribution in [-0.2, 0) is 0 Å². The van der Waals surface area contributed by atoms with E-state index in [0.717, 1.165) is 6.42 Å². The number of para-hydroxylation sites is 1. The molecule has 2 aromatic rings. The Labute approximate surface area is 105 Å². The summed E-state index contributed by atoms with van der Waals surface area (Å²) >= 11 is 0. The Balaban J connectivity index is 2.47. The zero-order valence-corrected chi connectivity index (χ0v) is 10.8. The monoisotopic (exact) mass is 248 g/mol. The third kappa shape index (κ3) is 2.10. The summed E-state index contributed by atoms with van der Waals surface area (Å²) in [6, 6.07) is 4.86. The molecule has 0 saturated heterocycles. The van der Waals surface area contributed by atoms with Crippen molar-refractivity contribution in [3.05, 3.63) is 35.3 Å². The number of aromatic nitrogens is 1. The van der Waals surface area contributed by atoms with Crippen molar-refractivity contribution in [1.29, 1.82) is 0 Å². The zero-order valence-electron chi connectivity index (χ0n) is 10.8. The van der Waals surface area contributed by atoms with Gasteiger partial charge in [0.25, 0.3) is 5.91 Å². The van der Waals surface area contributed by atoms with Crippen molar-refractivity contribution in [3.8, 4) is 0 Å². The minimum absolute atomic E-state index is 0.107. The highest BCUT2D eigenvalue weighted by Gasteiger charge is 2.18. The Bertz CT molecular complexity index is 589. The molecule has 1 amide bonds. The number of carbonyl (C=O) groups excluding carboxylic acids is 1. The molecule has 1 atom stereocenters. The summed E-state index contributed by atoms with van der Waals surface area (Å²) in [6.07, 6.45) is 0.863. The molecule has 2 N–H and O–H groups in total. The molecule has 0 saturated carbocycles. The Morgan fingerprint density at radius 2 is 2.22 bits per heavy atom. The molecule has 3 nitrogen and oxygen atoms in total. The largest absolute Gasteiger partial charge is 0.356 e. The third-order valence-electron chi connectivity index (χ3n) is 3.19. The van der Waals surface area contributed by atoms with Crippen molar-refractivity contribution < 1.29 is 9.18 Å². The van der Waals surface area contributed by atoms with Gasteiger partial charge in [-0.15, -0.1) is 0 Å². The average Bonchev–Trinajstić information content (AvgIpc) is 2.67. The summed E-state index contributed by atoms with van der Waals surface area (Å²) < 4.78 is 13.6. The summed E-state index contributed by atoms with van der Waals surface area (Å²) in [5.74, 6) is -0.489. The summed E-state index contributed by atoms with van der Waals surface area (Å²) in [5, 5.41) is 3.54. The molecule has 0 spiro atoms. The lowest BCUT2D eigenvalue weighted by Gasteiger charge is -2.11. The zero-order chi connectivity index (χ0) is 13.3. The van der Waals surface area contributed by atoms with Gasteiger partial charge in [-0.3, -0.25) is 4.79 Å². The lowest BCUT2D eigenvalue weighted by molar-refractivity contribution is 0.0940. The SMILES string of the molecule is CCC(C)NC(=O)c1c(C)[nH]c2c(F)cccc12.